The third-order valence-electron chi connectivity index (χ3n) is 5.20. The number of hydrogen-bond donors (Lipinski definition) is 1. The fraction of sp³-hybridized carbons (Fsp3) is 0.333. The van der Waals surface area contributed by atoms with Crippen molar-refractivity contribution in [1.29, 1.82) is 0 Å². The summed E-state index contributed by atoms with van der Waals surface area (Å²) >= 11 is 0. The number of carbonyl (C=O) groups is 2. The van der Waals surface area contributed by atoms with Gasteiger partial charge in [0.15, 0.2) is 0 Å². The number of hydrogen-bond acceptors (Lipinski definition) is 5. The van der Waals surface area contributed by atoms with Gasteiger partial charge < -0.3 is 9.47 Å². The first-order valence-electron chi connectivity index (χ1n) is 8.94. The first-order valence-corrected chi connectivity index (χ1v) is 8.94. The molecule has 0 radical (unpaired) electrons. The molecule has 2 aromatic carbocycles. The molecule has 4 rings (SSSR count). The molecule has 26 heavy (non-hydrogen) atoms. The first kappa shape index (κ1) is 16.8. The molecule has 0 bridgehead atoms. The van der Waals surface area contributed by atoms with Gasteiger partial charge in [-0.15, -0.1) is 0 Å². The van der Waals surface area contributed by atoms with Crippen LogP contribution in [0.1, 0.15) is 46.4 Å². The van der Waals surface area contributed by atoms with Crippen molar-refractivity contribution in [3.8, 4) is 0 Å². The summed E-state index contributed by atoms with van der Waals surface area (Å²) in [5.41, 5.74) is 2.66. The maximum absolute atomic E-state index is 12.7. The van der Waals surface area contributed by atoms with E-state index in [0.717, 1.165) is 16.7 Å². The van der Waals surface area contributed by atoms with E-state index in [0.29, 0.717) is 31.6 Å². The summed E-state index contributed by atoms with van der Waals surface area (Å²) in [6, 6.07) is 15.4. The van der Waals surface area contributed by atoms with Gasteiger partial charge in [-0.05, 0) is 48.6 Å². The number of esters is 2. The van der Waals surface area contributed by atoms with Crippen molar-refractivity contribution in [2.24, 2.45) is 0 Å². The van der Waals surface area contributed by atoms with Crippen LogP contribution in [-0.4, -0.2) is 25.2 Å². The highest BCUT2D eigenvalue weighted by Crippen LogP contribution is 2.42. The molecule has 5 nitrogen and oxygen atoms in total. The number of rotatable bonds is 3. The molecule has 134 valence electrons. The van der Waals surface area contributed by atoms with Crippen LogP contribution in [-0.2, 0) is 26.2 Å². The molecule has 0 saturated carbocycles. The molecule has 1 aliphatic heterocycles. The van der Waals surface area contributed by atoms with E-state index in [-0.39, 0.29) is 18.0 Å². The lowest BCUT2D eigenvalue weighted by molar-refractivity contribution is -0.159. The Bertz CT molecular complexity index is 848. The van der Waals surface area contributed by atoms with Crippen molar-refractivity contribution in [3.63, 3.8) is 0 Å². The summed E-state index contributed by atoms with van der Waals surface area (Å²) in [7, 11) is 0. The lowest BCUT2D eigenvalue weighted by Crippen LogP contribution is -2.55. The fourth-order valence-corrected chi connectivity index (χ4v) is 3.92. The lowest BCUT2D eigenvalue weighted by atomic mass is 9.88. The molecule has 2 aliphatic rings. The van der Waals surface area contributed by atoms with E-state index in [9.17, 15) is 9.59 Å². The summed E-state index contributed by atoms with van der Waals surface area (Å²) in [6.45, 7) is 2.44. The van der Waals surface area contributed by atoms with Crippen molar-refractivity contribution < 1.29 is 19.1 Å². The van der Waals surface area contributed by atoms with E-state index in [4.69, 9.17) is 9.47 Å². The van der Waals surface area contributed by atoms with Gasteiger partial charge >= 0.3 is 11.9 Å². The number of morpholine rings is 1. The number of carbonyl (C=O) groups excluding carboxylic acids is 2. The van der Waals surface area contributed by atoms with Crippen molar-refractivity contribution >= 4 is 11.9 Å². The predicted octanol–water partition coefficient (Wildman–Crippen LogP) is 2.89. The summed E-state index contributed by atoms with van der Waals surface area (Å²) in [4.78, 5) is 24.7. The topological polar surface area (TPSA) is 64.6 Å². The number of ether oxygens (including phenoxy) is 2. The SMILES string of the molecule is CCOC(=O)c1ccc2c(c1)CC[C@]21N[C@@H](c2ccccc2)COC1=O. The Morgan fingerprint density at radius 2 is 2.08 bits per heavy atom. The third kappa shape index (κ3) is 2.69. The quantitative estimate of drug-likeness (QED) is 0.862. The maximum Gasteiger partial charge on any atom is 0.338 e. The van der Waals surface area contributed by atoms with E-state index in [2.05, 4.69) is 5.32 Å². The lowest BCUT2D eigenvalue weighted by Gasteiger charge is -2.38. The van der Waals surface area contributed by atoms with Gasteiger partial charge in [-0.3, -0.25) is 5.32 Å². The van der Waals surface area contributed by atoms with Crippen LogP contribution in [0, 0.1) is 0 Å². The molecule has 0 unspecified atom stereocenters. The number of nitrogens with one attached hydrogen (secondary N) is 1. The standard InChI is InChI=1S/C21H21NO4/c1-2-25-19(23)16-8-9-17-15(12-16)10-11-21(17)20(24)26-13-18(22-21)14-6-4-3-5-7-14/h3-9,12,18,22H,2,10-11,13H2,1H3/t18-,21+/m1/s1. The molecule has 1 N–H and O–H groups in total. The number of cyclic esters (lactones) is 1. The molecule has 1 aliphatic carbocycles. The zero-order valence-electron chi connectivity index (χ0n) is 14.7. The molecule has 1 spiro atoms. The smallest absolute Gasteiger partial charge is 0.338 e. The molecule has 1 fully saturated rings. The van der Waals surface area contributed by atoms with Crippen molar-refractivity contribution in [2.45, 2.75) is 31.3 Å². The number of aryl methyl sites for hydroxylation is 1. The minimum absolute atomic E-state index is 0.0513. The Morgan fingerprint density at radius 1 is 1.27 bits per heavy atom. The van der Waals surface area contributed by atoms with Crippen LogP contribution in [0.5, 0.6) is 0 Å². The number of benzene rings is 2. The van der Waals surface area contributed by atoms with Crippen LogP contribution in [0.3, 0.4) is 0 Å². The van der Waals surface area contributed by atoms with Gasteiger partial charge in [0.05, 0.1) is 18.2 Å². The van der Waals surface area contributed by atoms with Crippen LogP contribution in [0.2, 0.25) is 0 Å². The Morgan fingerprint density at radius 3 is 2.85 bits per heavy atom. The molecule has 0 aromatic heterocycles. The Hall–Kier alpha value is -2.66. The third-order valence-corrected chi connectivity index (χ3v) is 5.20. The molecule has 2 aromatic rings. The molecule has 0 amide bonds. The summed E-state index contributed by atoms with van der Waals surface area (Å²) in [5, 5.41) is 3.53. The largest absolute Gasteiger partial charge is 0.462 e. The van der Waals surface area contributed by atoms with Gasteiger partial charge in [0.2, 0.25) is 0 Å². The summed E-state index contributed by atoms with van der Waals surface area (Å²) in [6.07, 6.45) is 1.34. The fourth-order valence-electron chi connectivity index (χ4n) is 3.92. The summed E-state index contributed by atoms with van der Waals surface area (Å²) in [5.74, 6) is -0.579. The minimum atomic E-state index is -0.846. The maximum atomic E-state index is 12.7. The van der Waals surface area contributed by atoms with E-state index < -0.39 is 5.54 Å². The van der Waals surface area contributed by atoms with Gasteiger partial charge in [0.1, 0.15) is 12.1 Å². The molecular weight excluding hydrogens is 330 g/mol. The van der Waals surface area contributed by atoms with Gasteiger partial charge in [-0.2, -0.15) is 0 Å². The summed E-state index contributed by atoms with van der Waals surface area (Å²) < 4.78 is 10.6. The van der Waals surface area contributed by atoms with Crippen LogP contribution in [0.25, 0.3) is 0 Å². The van der Waals surface area contributed by atoms with Gasteiger partial charge in [-0.25, -0.2) is 9.59 Å². The molecular formula is C21H21NO4. The second-order valence-electron chi connectivity index (χ2n) is 6.70. The van der Waals surface area contributed by atoms with E-state index >= 15 is 0 Å². The van der Waals surface area contributed by atoms with E-state index in [1.54, 1.807) is 13.0 Å². The molecule has 1 heterocycles. The van der Waals surface area contributed by atoms with E-state index in [1.165, 1.54) is 0 Å². The van der Waals surface area contributed by atoms with Crippen molar-refractivity contribution in [3.05, 3.63) is 70.8 Å². The molecule has 1 saturated heterocycles. The highest BCUT2D eigenvalue weighted by atomic mass is 16.5. The average Bonchev–Trinajstić information content (AvgIpc) is 3.03. The Kier molecular flexibility index (Phi) is 4.24. The van der Waals surface area contributed by atoms with Crippen molar-refractivity contribution in [1.82, 2.24) is 5.32 Å². The molecule has 5 heteroatoms. The zero-order chi connectivity index (χ0) is 18.1. The number of fused-ring (bicyclic) bond motifs is 2. The van der Waals surface area contributed by atoms with Crippen LogP contribution in [0.4, 0.5) is 0 Å². The van der Waals surface area contributed by atoms with Gasteiger partial charge in [0, 0.05) is 0 Å². The predicted molar refractivity (Wildman–Crippen MR) is 95.7 cm³/mol. The monoisotopic (exact) mass is 351 g/mol. The van der Waals surface area contributed by atoms with Crippen LogP contribution < -0.4 is 5.32 Å². The second-order valence-corrected chi connectivity index (χ2v) is 6.70. The highest BCUT2D eigenvalue weighted by Gasteiger charge is 2.50. The normalized spacial score (nSPS) is 24.2. The van der Waals surface area contributed by atoms with Crippen LogP contribution >= 0.6 is 0 Å². The van der Waals surface area contributed by atoms with E-state index in [1.807, 2.05) is 42.5 Å². The highest BCUT2D eigenvalue weighted by molar-refractivity contribution is 5.91. The van der Waals surface area contributed by atoms with Gasteiger partial charge in [-0.1, -0.05) is 36.4 Å². The van der Waals surface area contributed by atoms with Crippen LogP contribution in [0.15, 0.2) is 48.5 Å². The van der Waals surface area contributed by atoms with Gasteiger partial charge in [0.25, 0.3) is 0 Å². The zero-order valence-corrected chi connectivity index (χ0v) is 14.7. The Labute approximate surface area is 152 Å². The second kappa shape index (κ2) is 6.57. The average molecular weight is 351 g/mol. The molecule has 2 atom stereocenters. The Balaban J connectivity index is 1.67. The first-order chi connectivity index (χ1) is 12.6. The van der Waals surface area contributed by atoms with Crippen molar-refractivity contribution in [2.75, 3.05) is 13.2 Å². The minimum Gasteiger partial charge on any atom is -0.462 e.